The number of hydrogen-bond donors (Lipinski definition) is 2. The van der Waals surface area contributed by atoms with E-state index in [2.05, 4.69) is 0 Å². The number of amidine groups is 1. The lowest BCUT2D eigenvalue weighted by molar-refractivity contribution is -0.384. The Labute approximate surface area is 114 Å². The maximum Gasteiger partial charge on any atom is 0.269 e. The summed E-state index contributed by atoms with van der Waals surface area (Å²) in [7, 11) is 0. The second-order valence-corrected chi connectivity index (χ2v) is 4.94. The molecule has 0 aliphatic carbocycles. The third-order valence-corrected chi connectivity index (χ3v) is 3.46. The number of nitro groups is 1. The van der Waals surface area contributed by atoms with Crippen LogP contribution < -0.4 is 5.73 Å². The Morgan fingerprint density at radius 2 is 1.53 bits per heavy atom. The third kappa shape index (κ3) is 3.32. The normalized spacial score (nSPS) is 10.1. The van der Waals surface area contributed by atoms with E-state index in [0.29, 0.717) is 5.56 Å². The van der Waals surface area contributed by atoms with Crippen LogP contribution in [0.25, 0.3) is 0 Å². The van der Waals surface area contributed by atoms with Gasteiger partial charge in [0, 0.05) is 27.5 Å². The zero-order chi connectivity index (χ0) is 13.8. The highest BCUT2D eigenvalue weighted by molar-refractivity contribution is 7.99. The van der Waals surface area contributed by atoms with Crippen molar-refractivity contribution in [1.82, 2.24) is 0 Å². The van der Waals surface area contributed by atoms with Gasteiger partial charge in [-0.25, -0.2) is 0 Å². The van der Waals surface area contributed by atoms with Crippen molar-refractivity contribution >= 4 is 23.3 Å². The molecule has 0 amide bonds. The molecule has 2 aromatic rings. The van der Waals surface area contributed by atoms with Gasteiger partial charge in [0.2, 0.25) is 0 Å². The molecule has 0 atom stereocenters. The van der Waals surface area contributed by atoms with Crippen molar-refractivity contribution in [2.75, 3.05) is 0 Å². The van der Waals surface area contributed by atoms with Crippen molar-refractivity contribution in [3.8, 4) is 0 Å². The largest absolute Gasteiger partial charge is 0.384 e. The van der Waals surface area contributed by atoms with Crippen molar-refractivity contribution in [3.05, 3.63) is 64.2 Å². The van der Waals surface area contributed by atoms with Crippen molar-refractivity contribution in [1.29, 1.82) is 5.41 Å². The van der Waals surface area contributed by atoms with Gasteiger partial charge in [0.1, 0.15) is 5.84 Å². The van der Waals surface area contributed by atoms with Gasteiger partial charge in [-0.15, -0.1) is 0 Å². The van der Waals surface area contributed by atoms with E-state index in [4.69, 9.17) is 11.1 Å². The van der Waals surface area contributed by atoms with Crippen molar-refractivity contribution in [3.63, 3.8) is 0 Å². The second kappa shape index (κ2) is 5.53. The Morgan fingerprint density at radius 1 is 1.05 bits per heavy atom. The van der Waals surface area contributed by atoms with E-state index in [1.165, 1.54) is 23.9 Å². The van der Waals surface area contributed by atoms with Crippen LogP contribution in [0.1, 0.15) is 5.56 Å². The first-order chi connectivity index (χ1) is 9.06. The van der Waals surface area contributed by atoms with Crippen LogP contribution in [-0.4, -0.2) is 10.8 Å². The molecular formula is C13H11N3O2S. The lowest BCUT2D eigenvalue weighted by Gasteiger charge is -2.03. The van der Waals surface area contributed by atoms with Gasteiger partial charge in [-0.2, -0.15) is 0 Å². The molecule has 0 heterocycles. The van der Waals surface area contributed by atoms with Crippen LogP contribution in [0.4, 0.5) is 5.69 Å². The minimum atomic E-state index is -0.421. The average molecular weight is 273 g/mol. The summed E-state index contributed by atoms with van der Waals surface area (Å²) in [5.74, 6) is 0.0342. The fourth-order valence-corrected chi connectivity index (χ4v) is 2.29. The molecule has 0 unspecified atom stereocenters. The lowest BCUT2D eigenvalue weighted by Crippen LogP contribution is -2.10. The van der Waals surface area contributed by atoms with E-state index in [0.717, 1.165) is 9.79 Å². The number of nitrogens with one attached hydrogen (secondary N) is 1. The molecule has 0 fully saturated rings. The summed E-state index contributed by atoms with van der Waals surface area (Å²) in [4.78, 5) is 12.0. The number of nitrogen functional groups attached to an aromatic ring is 1. The average Bonchev–Trinajstić information content (AvgIpc) is 2.40. The van der Waals surface area contributed by atoms with E-state index >= 15 is 0 Å². The first-order valence-electron chi connectivity index (χ1n) is 5.43. The monoisotopic (exact) mass is 273 g/mol. The molecule has 3 N–H and O–H groups in total. The van der Waals surface area contributed by atoms with Gasteiger partial charge in [-0.3, -0.25) is 15.5 Å². The number of nitrogens with zero attached hydrogens (tertiary/aromatic N) is 1. The first-order valence-corrected chi connectivity index (χ1v) is 6.24. The van der Waals surface area contributed by atoms with Crippen LogP contribution in [-0.2, 0) is 0 Å². The highest BCUT2D eigenvalue weighted by atomic mass is 32.2. The molecule has 0 aliphatic heterocycles. The summed E-state index contributed by atoms with van der Waals surface area (Å²) in [6.07, 6.45) is 0. The van der Waals surface area contributed by atoms with E-state index in [-0.39, 0.29) is 11.5 Å². The highest BCUT2D eigenvalue weighted by Gasteiger charge is 2.05. The topological polar surface area (TPSA) is 93.0 Å². The molecule has 5 nitrogen and oxygen atoms in total. The zero-order valence-electron chi connectivity index (χ0n) is 9.87. The van der Waals surface area contributed by atoms with Gasteiger partial charge in [0.25, 0.3) is 5.69 Å². The molecule has 0 saturated carbocycles. The second-order valence-electron chi connectivity index (χ2n) is 3.79. The van der Waals surface area contributed by atoms with E-state index < -0.39 is 4.92 Å². The number of rotatable bonds is 4. The molecule has 19 heavy (non-hydrogen) atoms. The van der Waals surface area contributed by atoms with Crippen LogP contribution in [0.2, 0.25) is 0 Å². The van der Waals surface area contributed by atoms with Gasteiger partial charge in [-0.05, 0) is 24.3 Å². The van der Waals surface area contributed by atoms with E-state index in [1.54, 1.807) is 24.3 Å². The number of nitrogens with two attached hydrogens (primary N) is 1. The summed E-state index contributed by atoms with van der Waals surface area (Å²) in [5, 5.41) is 17.8. The molecule has 0 radical (unpaired) electrons. The zero-order valence-corrected chi connectivity index (χ0v) is 10.7. The maximum absolute atomic E-state index is 10.5. The predicted molar refractivity (Wildman–Crippen MR) is 74.7 cm³/mol. The smallest absolute Gasteiger partial charge is 0.269 e. The summed E-state index contributed by atoms with van der Waals surface area (Å²) in [5.41, 5.74) is 6.13. The van der Waals surface area contributed by atoms with Crippen molar-refractivity contribution in [2.24, 2.45) is 5.73 Å². The van der Waals surface area contributed by atoms with Crippen LogP contribution in [0.15, 0.2) is 58.3 Å². The Balaban J connectivity index is 2.12. The van der Waals surface area contributed by atoms with Gasteiger partial charge in [-0.1, -0.05) is 23.9 Å². The standard InChI is InChI=1S/C13H11N3O2S/c14-13(15)9-1-5-11(6-2-9)19-12-7-3-10(4-8-12)16(17)18/h1-8H,(H3,14,15). The Hall–Kier alpha value is -2.34. The van der Waals surface area contributed by atoms with Crippen LogP contribution in [0.5, 0.6) is 0 Å². The van der Waals surface area contributed by atoms with Crippen molar-refractivity contribution < 1.29 is 4.92 Å². The first kappa shape index (κ1) is 13.1. The number of benzene rings is 2. The molecule has 0 spiro atoms. The highest BCUT2D eigenvalue weighted by Crippen LogP contribution is 2.28. The summed E-state index contributed by atoms with van der Waals surface area (Å²) in [6, 6.07) is 13.7. The molecule has 2 aromatic carbocycles. The van der Waals surface area contributed by atoms with Crippen LogP contribution >= 0.6 is 11.8 Å². The summed E-state index contributed by atoms with van der Waals surface area (Å²) >= 11 is 1.49. The van der Waals surface area contributed by atoms with Gasteiger partial charge < -0.3 is 5.73 Å². The maximum atomic E-state index is 10.5. The third-order valence-electron chi connectivity index (χ3n) is 2.45. The van der Waals surface area contributed by atoms with Crippen molar-refractivity contribution in [2.45, 2.75) is 9.79 Å². The fraction of sp³-hybridized carbons (Fsp3) is 0. The summed E-state index contributed by atoms with van der Waals surface area (Å²) < 4.78 is 0. The molecule has 2 rings (SSSR count). The molecular weight excluding hydrogens is 262 g/mol. The van der Waals surface area contributed by atoms with E-state index in [9.17, 15) is 10.1 Å². The lowest BCUT2D eigenvalue weighted by atomic mass is 10.2. The molecule has 6 heteroatoms. The van der Waals surface area contributed by atoms with Crippen LogP contribution in [0.3, 0.4) is 0 Å². The predicted octanol–water partition coefficient (Wildman–Crippen LogP) is 3.03. The SMILES string of the molecule is N=C(N)c1ccc(Sc2ccc([N+](=O)[O-])cc2)cc1. The Morgan fingerprint density at radius 3 is 1.95 bits per heavy atom. The van der Waals surface area contributed by atoms with Crippen LogP contribution in [0, 0.1) is 15.5 Å². The Kier molecular flexibility index (Phi) is 3.82. The quantitative estimate of drug-likeness (QED) is 0.387. The molecule has 0 bridgehead atoms. The fourth-order valence-electron chi connectivity index (χ4n) is 1.47. The Bertz CT molecular complexity index is 553. The summed E-state index contributed by atoms with van der Waals surface area (Å²) in [6.45, 7) is 0. The molecule has 0 aromatic heterocycles. The minimum Gasteiger partial charge on any atom is -0.384 e. The number of hydrogen-bond acceptors (Lipinski definition) is 4. The number of nitro benzene ring substituents is 1. The minimum absolute atomic E-state index is 0.0342. The number of non-ortho nitro benzene ring substituents is 1. The molecule has 96 valence electrons. The van der Waals surface area contributed by atoms with Gasteiger partial charge in [0.05, 0.1) is 4.92 Å². The van der Waals surface area contributed by atoms with E-state index in [1.807, 2.05) is 12.1 Å². The molecule has 0 aliphatic rings. The molecule has 0 saturated heterocycles. The van der Waals surface area contributed by atoms with Gasteiger partial charge >= 0.3 is 0 Å². The van der Waals surface area contributed by atoms with Gasteiger partial charge in [0.15, 0.2) is 0 Å².